The van der Waals surface area contributed by atoms with Crippen molar-refractivity contribution in [2.75, 3.05) is 0 Å². The molecule has 3 rings (SSSR count). The molecule has 1 aliphatic rings. The van der Waals surface area contributed by atoms with E-state index >= 15 is 4.39 Å². The second-order valence-electron chi connectivity index (χ2n) is 8.27. The fourth-order valence-electron chi connectivity index (χ4n) is 4.67. The van der Waals surface area contributed by atoms with Crippen LogP contribution in [-0.2, 0) is 4.79 Å². The number of aliphatic hydroxyl groups excluding tert-OH is 1. The molecule has 2 aromatic rings. The molecule has 0 bridgehead atoms. The zero-order chi connectivity index (χ0) is 24.3. The SMILES string of the molecule is C=CC[C@H]1C[C@H](c2cccc(Cl)c2)[C@@H](c2ccc(Cl)cc2)N([C@](F)(CC)C(O)C(F)F)C1=O. The number of alkyl halides is 3. The van der Waals surface area contributed by atoms with Gasteiger partial charge in [0.2, 0.25) is 11.7 Å². The molecule has 0 spiro atoms. The molecule has 5 atom stereocenters. The monoisotopic (exact) mass is 499 g/mol. The van der Waals surface area contributed by atoms with Crippen molar-refractivity contribution >= 4 is 29.1 Å². The number of likely N-dealkylation sites (tertiary alicyclic amines) is 1. The van der Waals surface area contributed by atoms with Crippen LogP contribution in [0.15, 0.2) is 61.2 Å². The number of carbonyl (C=O) groups is 1. The Morgan fingerprint density at radius 2 is 1.85 bits per heavy atom. The average molecular weight is 500 g/mol. The van der Waals surface area contributed by atoms with Crippen molar-refractivity contribution in [1.29, 1.82) is 0 Å². The second kappa shape index (κ2) is 10.5. The van der Waals surface area contributed by atoms with E-state index in [1.807, 2.05) is 6.07 Å². The fraction of sp³-hybridized carbons (Fsp3) is 0.400. The van der Waals surface area contributed by atoms with Gasteiger partial charge in [-0.15, -0.1) is 6.58 Å². The Hall–Kier alpha value is -2.02. The smallest absolute Gasteiger partial charge is 0.269 e. The van der Waals surface area contributed by atoms with Crippen LogP contribution in [0.3, 0.4) is 0 Å². The van der Waals surface area contributed by atoms with Gasteiger partial charge in [-0.1, -0.05) is 60.5 Å². The highest BCUT2D eigenvalue weighted by Gasteiger charge is 2.56. The molecule has 0 radical (unpaired) electrons. The van der Waals surface area contributed by atoms with E-state index in [0.29, 0.717) is 22.0 Å². The van der Waals surface area contributed by atoms with Crippen LogP contribution in [0.25, 0.3) is 0 Å². The normalized spacial score (nSPS) is 23.9. The topological polar surface area (TPSA) is 40.5 Å². The van der Waals surface area contributed by atoms with E-state index in [1.54, 1.807) is 48.5 Å². The number of carbonyl (C=O) groups excluding carboxylic acids is 1. The van der Waals surface area contributed by atoms with Gasteiger partial charge in [-0.05, 0) is 48.2 Å². The van der Waals surface area contributed by atoms with E-state index in [1.165, 1.54) is 6.92 Å². The molecule has 1 N–H and O–H groups in total. The molecule has 3 nitrogen and oxygen atoms in total. The van der Waals surface area contributed by atoms with Crippen LogP contribution in [0.2, 0.25) is 10.0 Å². The molecule has 1 amide bonds. The Balaban J connectivity index is 2.26. The second-order valence-corrected chi connectivity index (χ2v) is 9.15. The number of aliphatic hydroxyl groups is 1. The number of amides is 1. The first-order valence-corrected chi connectivity index (χ1v) is 11.5. The minimum atomic E-state index is -3.38. The molecule has 1 aliphatic heterocycles. The molecular weight excluding hydrogens is 474 g/mol. The molecule has 1 heterocycles. The van der Waals surface area contributed by atoms with Gasteiger partial charge in [0, 0.05) is 28.3 Å². The summed E-state index contributed by atoms with van der Waals surface area (Å²) < 4.78 is 43.6. The van der Waals surface area contributed by atoms with Crippen molar-refractivity contribution in [3.63, 3.8) is 0 Å². The van der Waals surface area contributed by atoms with Crippen LogP contribution in [0.1, 0.15) is 49.3 Å². The fourth-order valence-corrected chi connectivity index (χ4v) is 5.00. The first-order valence-electron chi connectivity index (χ1n) is 10.7. The lowest BCUT2D eigenvalue weighted by atomic mass is 9.73. The Morgan fingerprint density at radius 1 is 1.18 bits per heavy atom. The maximum absolute atomic E-state index is 16.4. The summed E-state index contributed by atoms with van der Waals surface area (Å²) in [5.41, 5.74) is 1.26. The van der Waals surface area contributed by atoms with E-state index in [9.17, 15) is 18.7 Å². The largest absolute Gasteiger partial charge is 0.382 e. The van der Waals surface area contributed by atoms with Crippen molar-refractivity contribution in [1.82, 2.24) is 4.90 Å². The van der Waals surface area contributed by atoms with Crippen LogP contribution in [0.4, 0.5) is 13.2 Å². The third kappa shape index (κ3) is 5.08. The van der Waals surface area contributed by atoms with E-state index < -0.39 is 48.5 Å². The van der Waals surface area contributed by atoms with Crippen molar-refractivity contribution in [3.05, 3.63) is 82.4 Å². The highest BCUT2D eigenvalue weighted by atomic mass is 35.5. The van der Waals surface area contributed by atoms with Gasteiger partial charge < -0.3 is 5.11 Å². The lowest BCUT2D eigenvalue weighted by Crippen LogP contribution is -2.62. The third-order valence-corrected chi connectivity index (χ3v) is 6.80. The Bertz CT molecular complexity index is 988. The van der Waals surface area contributed by atoms with Gasteiger partial charge in [0.1, 0.15) is 0 Å². The predicted molar refractivity (Wildman–Crippen MR) is 124 cm³/mol. The van der Waals surface area contributed by atoms with Crippen molar-refractivity contribution in [2.45, 2.75) is 56.5 Å². The van der Waals surface area contributed by atoms with Gasteiger partial charge in [-0.2, -0.15) is 0 Å². The summed E-state index contributed by atoms with van der Waals surface area (Å²) >= 11 is 12.3. The summed E-state index contributed by atoms with van der Waals surface area (Å²) in [6.45, 7) is 5.03. The molecule has 33 heavy (non-hydrogen) atoms. The van der Waals surface area contributed by atoms with E-state index in [4.69, 9.17) is 23.2 Å². The number of nitrogens with zero attached hydrogens (tertiary/aromatic N) is 1. The quantitative estimate of drug-likeness (QED) is 0.315. The van der Waals surface area contributed by atoms with Crippen molar-refractivity contribution in [3.8, 4) is 0 Å². The third-order valence-electron chi connectivity index (χ3n) is 6.31. The summed E-state index contributed by atoms with van der Waals surface area (Å²) in [7, 11) is 0. The Labute approximate surface area is 201 Å². The number of hydrogen-bond donors (Lipinski definition) is 1. The number of benzene rings is 2. The van der Waals surface area contributed by atoms with Gasteiger partial charge >= 0.3 is 0 Å². The van der Waals surface area contributed by atoms with Gasteiger partial charge in [-0.3, -0.25) is 9.69 Å². The van der Waals surface area contributed by atoms with Crippen molar-refractivity contribution < 1.29 is 23.1 Å². The minimum absolute atomic E-state index is 0.240. The van der Waals surface area contributed by atoms with E-state index in [-0.39, 0.29) is 6.42 Å². The molecule has 178 valence electrons. The average Bonchev–Trinajstić information content (AvgIpc) is 2.79. The molecule has 0 aliphatic carbocycles. The van der Waals surface area contributed by atoms with Gasteiger partial charge in [0.25, 0.3) is 6.43 Å². The maximum atomic E-state index is 16.4. The summed E-state index contributed by atoms with van der Waals surface area (Å²) in [5.74, 6) is -4.80. The van der Waals surface area contributed by atoms with E-state index in [0.717, 1.165) is 10.5 Å². The molecule has 2 aromatic carbocycles. The number of allylic oxidation sites excluding steroid dienone is 1. The summed E-state index contributed by atoms with van der Waals surface area (Å²) in [5, 5.41) is 11.2. The molecule has 8 heteroatoms. The minimum Gasteiger partial charge on any atom is -0.382 e. The van der Waals surface area contributed by atoms with Crippen LogP contribution < -0.4 is 0 Å². The summed E-state index contributed by atoms with van der Waals surface area (Å²) in [6, 6.07) is 12.5. The van der Waals surface area contributed by atoms with Crippen LogP contribution in [0.5, 0.6) is 0 Å². The summed E-state index contributed by atoms with van der Waals surface area (Å²) in [6.07, 6.45) is -4.45. The molecule has 1 saturated heterocycles. The van der Waals surface area contributed by atoms with E-state index in [2.05, 4.69) is 6.58 Å². The molecular formula is C25H26Cl2F3NO2. The standard InChI is InChI=1S/C25H26Cl2F3NO2/c1-3-6-17-14-20(16-7-5-8-19(27)13-16)21(15-9-11-18(26)12-10-15)31(24(17)33)25(30,4-2)22(32)23(28)29/h3,5,7-13,17,20-23,32H,1,4,6,14H2,2H3/t17-,20+,21+,22?,25+/m0/s1. The van der Waals surface area contributed by atoms with Crippen LogP contribution in [-0.4, -0.2) is 34.2 Å². The lowest BCUT2D eigenvalue weighted by Gasteiger charge is -2.51. The highest BCUT2D eigenvalue weighted by molar-refractivity contribution is 6.30. The number of halogens is 5. The number of rotatable bonds is 8. The zero-order valence-corrected chi connectivity index (χ0v) is 19.6. The van der Waals surface area contributed by atoms with Gasteiger partial charge in [-0.25, -0.2) is 13.2 Å². The maximum Gasteiger partial charge on any atom is 0.269 e. The van der Waals surface area contributed by atoms with Crippen LogP contribution in [0, 0.1) is 5.92 Å². The Kier molecular flexibility index (Phi) is 8.14. The summed E-state index contributed by atoms with van der Waals surface area (Å²) in [4.78, 5) is 14.4. The van der Waals surface area contributed by atoms with Crippen LogP contribution >= 0.6 is 23.2 Å². The zero-order valence-electron chi connectivity index (χ0n) is 18.1. The number of hydrogen-bond acceptors (Lipinski definition) is 2. The molecule has 1 fully saturated rings. The van der Waals surface area contributed by atoms with Gasteiger partial charge in [0.15, 0.2) is 6.10 Å². The Morgan fingerprint density at radius 3 is 2.39 bits per heavy atom. The highest BCUT2D eigenvalue weighted by Crippen LogP contribution is 2.51. The number of piperidine rings is 1. The molecule has 0 saturated carbocycles. The van der Waals surface area contributed by atoms with Gasteiger partial charge in [0.05, 0.1) is 6.04 Å². The first kappa shape index (κ1) is 25.6. The van der Waals surface area contributed by atoms with Crippen molar-refractivity contribution in [2.24, 2.45) is 5.92 Å². The molecule has 1 unspecified atom stereocenters. The first-order chi connectivity index (χ1) is 15.6. The molecule has 0 aromatic heterocycles. The predicted octanol–water partition coefficient (Wildman–Crippen LogP) is 6.94. The lowest BCUT2D eigenvalue weighted by molar-refractivity contribution is -0.204.